The van der Waals surface area contributed by atoms with Gasteiger partial charge in [0.2, 0.25) is 0 Å². The Bertz CT molecular complexity index is 1400. The Kier molecular flexibility index (Phi) is 10.3. The molecule has 0 radical (unpaired) electrons. The number of hydrogen-bond donors (Lipinski definition) is 7. The second kappa shape index (κ2) is 14.1. The highest BCUT2D eigenvalue weighted by atomic mass is 16.7. The number of rotatable bonds is 6. The summed E-state index contributed by atoms with van der Waals surface area (Å²) in [4.78, 5) is 14.5. The van der Waals surface area contributed by atoms with Crippen LogP contribution in [0.2, 0.25) is 0 Å². The molecule has 4 aliphatic heterocycles. The molecule has 7 N–H and O–H groups in total. The number of carbonyl (C=O) groups excluding carboxylic acids is 1. The number of hydrogen-bond acceptors (Lipinski definition) is 14. The smallest absolute Gasteiger partial charge is 0.187 e. The van der Waals surface area contributed by atoms with Crippen LogP contribution >= 0.6 is 0 Å². The molecule has 53 heavy (non-hydrogen) atoms. The summed E-state index contributed by atoms with van der Waals surface area (Å²) in [5.74, 6) is 1.44. The first kappa shape index (κ1) is 38.7. The molecule has 0 amide bonds. The Morgan fingerprint density at radius 1 is 0.830 bits per heavy atom. The molecule has 0 aromatic heterocycles. The number of ether oxygens (including phenoxy) is 6. The zero-order chi connectivity index (χ0) is 37.8. The van der Waals surface area contributed by atoms with Crippen LogP contribution in [0.5, 0.6) is 0 Å². The van der Waals surface area contributed by atoms with Crippen molar-refractivity contribution in [1.82, 2.24) is 0 Å². The maximum absolute atomic E-state index is 14.5. The van der Waals surface area contributed by atoms with Crippen LogP contribution in [0.1, 0.15) is 79.1 Å². The van der Waals surface area contributed by atoms with E-state index in [2.05, 4.69) is 33.8 Å². The van der Waals surface area contributed by atoms with Crippen LogP contribution in [0.3, 0.4) is 0 Å². The summed E-state index contributed by atoms with van der Waals surface area (Å²) in [7, 11) is 0. The third-order valence-electron chi connectivity index (χ3n) is 15.5. The Morgan fingerprint density at radius 3 is 2.23 bits per heavy atom. The molecule has 1 spiro atoms. The second-order valence-corrected chi connectivity index (χ2v) is 18.1. The van der Waals surface area contributed by atoms with Gasteiger partial charge in [-0.25, -0.2) is 0 Å². The molecule has 0 bridgehead atoms. The van der Waals surface area contributed by atoms with E-state index in [0.717, 1.165) is 32.1 Å². The van der Waals surface area contributed by atoms with Gasteiger partial charge in [0.05, 0.1) is 32.0 Å². The Hall–Kier alpha value is -1.11. The van der Waals surface area contributed by atoms with E-state index in [-0.39, 0.29) is 41.3 Å². The van der Waals surface area contributed by atoms with Gasteiger partial charge in [-0.3, -0.25) is 4.79 Å². The summed E-state index contributed by atoms with van der Waals surface area (Å²) < 4.78 is 36.6. The van der Waals surface area contributed by atoms with Crippen molar-refractivity contribution in [3.8, 4) is 0 Å². The molecule has 4 heterocycles. The van der Waals surface area contributed by atoms with E-state index in [4.69, 9.17) is 28.4 Å². The highest BCUT2D eigenvalue weighted by molar-refractivity contribution is 5.87. The predicted molar refractivity (Wildman–Crippen MR) is 183 cm³/mol. The average molecular weight is 753 g/mol. The first-order valence-electron chi connectivity index (χ1n) is 19.9. The molecule has 7 fully saturated rings. The van der Waals surface area contributed by atoms with E-state index in [0.29, 0.717) is 43.5 Å². The van der Waals surface area contributed by atoms with Crippen LogP contribution in [-0.4, -0.2) is 141 Å². The Balaban J connectivity index is 0.929. The van der Waals surface area contributed by atoms with Crippen LogP contribution in [-0.2, 0) is 33.2 Å². The van der Waals surface area contributed by atoms with Gasteiger partial charge in [-0.2, -0.15) is 0 Å². The lowest BCUT2D eigenvalue weighted by atomic mass is 9.46. The lowest BCUT2D eigenvalue weighted by Gasteiger charge is -2.58. The van der Waals surface area contributed by atoms with Crippen LogP contribution < -0.4 is 0 Å². The molecule has 6 unspecified atom stereocenters. The van der Waals surface area contributed by atoms with E-state index in [1.807, 2.05) is 0 Å². The van der Waals surface area contributed by atoms with Crippen molar-refractivity contribution < 1.29 is 69.0 Å². The number of Topliss-reactive ketones (excluding diaryl/α,β-unsaturated/α-hetero) is 1. The lowest BCUT2D eigenvalue weighted by molar-refractivity contribution is -0.363. The van der Waals surface area contributed by atoms with Crippen molar-refractivity contribution in [1.29, 1.82) is 0 Å². The topological polar surface area (TPSA) is 214 Å². The van der Waals surface area contributed by atoms with Crippen LogP contribution in [0.25, 0.3) is 0 Å². The largest absolute Gasteiger partial charge is 0.394 e. The molecule has 0 aromatic rings. The predicted octanol–water partition coefficient (Wildman–Crippen LogP) is 0.541. The molecule has 21 atom stereocenters. The zero-order valence-corrected chi connectivity index (χ0v) is 31.2. The van der Waals surface area contributed by atoms with Gasteiger partial charge in [0, 0.05) is 30.1 Å². The van der Waals surface area contributed by atoms with E-state index >= 15 is 0 Å². The van der Waals surface area contributed by atoms with E-state index in [1.165, 1.54) is 5.57 Å². The van der Waals surface area contributed by atoms with Crippen molar-refractivity contribution >= 4 is 5.78 Å². The van der Waals surface area contributed by atoms with Crippen molar-refractivity contribution in [3.05, 3.63) is 11.6 Å². The van der Waals surface area contributed by atoms with Gasteiger partial charge < -0.3 is 64.2 Å². The minimum atomic E-state index is -1.74. The number of fused-ring (bicyclic) bond motifs is 7. The van der Waals surface area contributed by atoms with Gasteiger partial charge >= 0.3 is 0 Å². The fourth-order valence-corrected chi connectivity index (χ4v) is 12.3. The summed E-state index contributed by atoms with van der Waals surface area (Å²) >= 11 is 0. The molecule has 14 nitrogen and oxygen atoms in total. The molecular weight excluding hydrogens is 692 g/mol. The van der Waals surface area contributed by atoms with Gasteiger partial charge in [0.15, 0.2) is 18.4 Å². The van der Waals surface area contributed by atoms with Gasteiger partial charge in [-0.15, -0.1) is 0 Å². The van der Waals surface area contributed by atoms with Crippen molar-refractivity contribution in [2.75, 3.05) is 19.8 Å². The summed E-state index contributed by atoms with van der Waals surface area (Å²) in [6, 6.07) is 0. The molecule has 4 aliphatic carbocycles. The van der Waals surface area contributed by atoms with Crippen molar-refractivity contribution in [2.45, 2.75) is 158 Å². The third-order valence-corrected chi connectivity index (χ3v) is 15.5. The molecule has 300 valence electrons. The van der Waals surface area contributed by atoms with Gasteiger partial charge in [-0.05, 0) is 67.6 Å². The van der Waals surface area contributed by atoms with Crippen LogP contribution in [0.4, 0.5) is 0 Å². The van der Waals surface area contributed by atoms with E-state index in [9.17, 15) is 40.5 Å². The van der Waals surface area contributed by atoms with Crippen molar-refractivity contribution in [2.24, 2.45) is 46.3 Å². The SMILES string of the molecule is CC1C2C(CC3C4CC=C5C[C@@H](O[C@@H]6O[C@H](CO)[C@H](O[C@@H]7O[C@H](CO)[C@@H](O)[C@H](O)[C@H]7O)[C@H](O)[C@H]6O)CC[C@]5(C)C4CC(=O)[C@@]32C)O[C@]12CC[C@@H](C)CO2. The molecule has 14 heteroatoms. The lowest BCUT2D eigenvalue weighted by Crippen LogP contribution is -2.65. The number of ketones is 1. The molecule has 0 aromatic carbocycles. The average Bonchev–Trinajstić information content (AvgIpc) is 3.59. The quantitative estimate of drug-likeness (QED) is 0.185. The van der Waals surface area contributed by atoms with Crippen molar-refractivity contribution in [3.63, 3.8) is 0 Å². The Labute approximate surface area is 310 Å². The fraction of sp³-hybridized carbons (Fsp3) is 0.923. The highest BCUT2D eigenvalue weighted by Gasteiger charge is 2.71. The first-order valence-corrected chi connectivity index (χ1v) is 19.9. The van der Waals surface area contributed by atoms with E-state index in [1.54, 1.807) is 0 Å². The minimum Gasteiger partial charge on any atom is -0.394 e. The third kappa shape index (κ3) is 5.96. The summed E-state index contributed by atoms with van der Waals surface area (Å²) in [5.41, 5.74) is 0.620. The zero-order valence-electron chi connectivity index (χ0n) is 31.2. The Morgan fingerprint density at radius 2 is 1.53 bits per heavy atom. The molecule has 3 saturated carbocycles. The monoisotopic (exact) mass is 752 g/mol. The summed E-state index contributed by atoms with van der Waals surface area (Å²) in [5, 5.41) is 72.7. The normalized spacial score (nSPS) is 56.7. The molecular formula is C39H60O14. The van der Waals surface area contributed by atoms with Gasteiger partial charge in [0.25, 0.3) is 0 Å². The maximum Gasteiger partial charge on any atom is 0.187 e. The summed E-state index contributed by atoms with van der Waals surface area (Å²) in [6.45, 7) is 8.38. The van der Waals surface area contributed by atoms with Gasteiger partial charge in [0.1, 0.15) is 54.6 Å². The molecule has 8 aliphatic rings. The van der Waals surface area contributed by atoms with E-state index < -0.39 is 85.8 Å². The number of allylic oxidation sites excluding steroid dienone is 1. The highest BCUT2D eigenvalue weighted by Crippen LogP contribution is 2.69. The maximum atomic E-state index is 14.5. The summed E-state index contributed by atoms with van der Waals surface area (Å²) in [6.07, 6.45) is -6.67. The first-order chi connectivity index (χ1) is 25.2. The molecule has 4 saturated heterocycles. The molecule has 8 rings (SSSR count). The standard InChI is InChI=1S/C39H60O14/c1-17-7-10-39(48-16-17)18(2)28-24(53-39)12-23-21-6-5-19-11-20(8-9-37(19,3)22(21)13-27(42)38(23,28)4)49-35-33(47)31(45)34(26(15-41)51-35)52-36-32(46)30(44)29(43)25(14-40)50-36/h5,17-18,20-26,28-36,40-41,43-47H,6-16H2,1-4H3/t17-,18?,20+,21?,22?,23?,24?,25-,26-,28?,29-,30+,31-,32-,33-,34+,35-,36+,37+,38-,39-/m1/s1. The second-order valence-electron chi connectivity index (χ2n) is 18.1. The fourth-order valence-electron chi connectivity index (χ4n) is 12.3. The van der Waals surface area contributed by atoms with Crippen LogP contribution in [0, 0.1) is 46.3 Å². The van der Waals surface area contributed by atoms with Gasteiger partial charge in [-0.1, -0.05) is 39.3 Å². The number of carbonyl (C=O) groups is 1. The van der Waals surface area contributed by atoms with Crippen LogP contribution in [0.15, 0.2) is 11.6 Å². The number of aliphatic hydroxyl groups excluding tert-OH is 7. The number of aliphatic hydroxyl groups is 7. The minimum absolute atomic E-state index is 0.0284.